The molecule has 1 heterocycles. The minimum atomic E-state index is -0.168. The number of rotatable bonds is 3. The third-order valence-corrected chi connectivity index (χ3v) is 3.60. The van der Waals surface area contributed by atoms with Gasteiger partial charge in [0.2, 0.25) is 0 Å². The largest absolute Gasteiger partial charge is 0.490 e. The molecular formula is C14H13NO3. The van der Waals surface area contributed by atoms with Gasteiger partial charge in [0, 0.05) is 6.42 Å². The van der Waals surface area contributed by atoms with Crippen LogP contribution in [0.2, 0.25) is 0 Å². The van der Waals surface area contributed by atoms with Gasteiger partial charge in [-0.3, -0.25) is 4.79 Å². The summed E-state index contributed by atoms with van der Waals surface area (Å²) in [4.78, 5) is 11.5. The molecule has 0 unspecified atom stereocenters. The van der Waals surface area contributed by atoms with Crippen LogP contribution in [0.3, 0.4) is 0 Å². The van der Waals surface area contributed by atoms with E-state index in [-0.39, 0.29) is 17.5 Å². The van der Waals surface area contributed by atoms with Crippen LogP contribution in [-0.2, 0) is 9.53 Å². The van der Waals surface area contributed by atoms with Gasteiger partial charge in [-0.25, -0.2) is 0 Å². The molecule has 4 heteroatoms. The average molecular weight is 243 g/mol. The number of carbonyl (C=O) groups is 1. The van der Waals surface area contributed by atoms with Crippen LogP contribution >= 0.6 is 0 Å². The van der Waals surface area contributed by atoms with E-state index in [1.165, 1.54) is 0 Å². The SMILES string of the molecule is N#Cc1ccc(OC[C@H]2CC3(CC3)C(=O)O2)cc1. The Bertz CT molecular complexity index is 511. The fourth-order valence-electron chi connectivity index (χ4n) is 2.30. The van der Waals surface area contributed by atoms with Crippen LogP contribution in [0.4, 0.5) is 0 Å². The minimum Gasteiger partial charge on any atom is -0.490 e. The molecule has 92 valence electrons. The molecular weight excluding hydrogens is 230 g/mol. The molecule has 0 amide bonds. The van der Waals surface area contributed by atoms with Gasteiger partial charge in [-0.1, -0.05) is 0 Å². The zero-order chi connectivity index (χ0) is 12.6. The summed E-state index contributed by atoms with van der Waals surface area (Å²) in [5.74, 6) is 0.637. The van der Waals surface area contributed by atoms with Crippen LogP contribution < -0.4 is 4.74 Å². The quantitative estimate of drug-likeness (QED) is 0.762. The standard InChI is InChI=1S/C14H13NO3/c15-8-10-1-3-11(4-2-10)17-9-12-7-14(5-6-14)13(16)18-12/h1-4,12H,5-7,9H2/t12-/m1/s1. The van der Waals surface area contributed by atoms with Crippen molar-refractivity contribution in [3.63, 3.8) is 0 Å². The minimum absolute atomic E-state index is 0.0593. The molecule has 0 aromatic heterocycles. The lowest BCUT2D eigenvalue weighted by molar-refractivity contribution is -0.146. The predicted octanol–water partition coefficient (Wildman–Crippen LogP) is 2.03. The number of ether oxygens (including phenoxy) is 2. The molecule has 0 radical (unpaired) electrons. The highest BCUT2D eigenvalue weighted by Gasteiger charge is 2.57. The lowest BCUT2D eigenvalue weighted by Crippen LogP contribution is -2.17. The van der Waals surface area contributed by atoms with Crippen molar-refractivity contribution < 1.29 is 14.3 Å². The Morgan fingerprint density at radius 3 is 2.67 bits per heavy atom. The lowest BCUT2D eigenvalue weighted by Gasteiger charge is -2.10. The average Bonchev–Trinajstić information content (AvgIpc) is 3.10. The van der Waals surface area contributed by atoms with E-state index in [1.54, 1.807) is 24.3 Å². The topological polar surface area (TPSA) is 59.3 Å². The van der Waals surface area contributed by atoms with Gasteiger partial charge in [-0.05, 0) is 37.1 Å². The first-order valence-electron chi connectivity index (χ1n) is 6.06. The van der Waals surface area contributed by atoms with Crippen molar-refractivity contribution in [3.8, 4) is 11.8 Å². The van der Waals surface area contributed by atoms with E-state index in [1.807, 2.05) is 0 Å². The van der Waals surface area contributed by atoms with E-state index >= 15 is 0 Å². The van der Waals surface area contributed by atoms with Crippen molar-refractivity contribution in [2.24, 2.45) is 5.41 Å². The van der Waals surface area contributed by atoms with Crippen molar-refractivity contribution in [2.75, 3.05) is 6.61 Å². The van der Waals surface area contributed by atoms with E-state index in [4.69, 9.17) is 14.7 Å². The van der Waals surface area contributed by atoms with Crippen molar-refractivity contribution in [1.82, 2.24) is 0 Å². The van der Waals surface area contributed by atoms with Gasteiger partial charge in [-0.15, -0.1) is 0 Å². The smallest absolute Gasteiger partial charge is 0.312 e. The van der Waals surface area contributed by atoms with Crippen molar-refractivity contribution >= 4 is 5.97 Å². The van der Waals surface area contributed by atoms with Gasteiger partial charge in [0.1, 0.15) is 18.5 Å². The van der Waals surface area contributed by atoms with Crippen LogP contribution in [0.25, 0.3) is 0 Å². The molecule has 3 rings (SSSR count). The van der Waals surface area contributed by atoms with Crippen molar-refractivity contribution in [3.05, 3.63) is 29.8 Å². The number of carbonyl (C=O) groups excluding carboxylic acids is 1. The Labute approximate surface area is 105 Å². The first-order chi connectivity index (χ1) is 8.72. The van der Waals surface area contributed by atoms with Crippen LogP contribution in [0.15, 0.2) is 24.3 Å². The van der Waals surface area contributed by atoms with E-state index in [2.05, 4.69) is 6.07 Å². The van der Waals surface area contributed by atoms with Gasteiger partial charge in [0.15, 0.2) is 0 Å². The van der Waals surface area contributed by atoms with E-state index < -0.39 is 0 Å². The molecule has 1 saturated heterocycles. The second kappa shape index (κ2) is 4.02. The van der Waals surface area contributed by atoms with Crippen molar-refractivity contribution in [2.45, 2.75) is 25.4 Å². The Morgan fingerprint density at radius 2 is 2.11 bits per heavy atom. The molecule has 4 nitrogen and oxygen atoms in total. The predicted molar refractivity (Wildman–Crippen MR) is 62.8 cm³/mol. The van der Waals surface area contributed by atoms with Crippen LogP contribution in [0.1, 0.15) is 24.8 Å². The van der Waals surface area contributed by atoms with Crippen LogP contribution in [0, 0.1) is 16.7 Å². The monoisotopic (exact) mass is 243 g/mol. The summed E-state index contributed by atoms with van der Waals surface area (Å²) in [7, 11) is 0. The molecule has 18 heavy (non-hydrogen) atoms. The Balaban J connectivity index is 1.55. The maximum atomic E-state index is 11.5. The summed E-state index contributed by atoms with van der Waals surface area (Å²) in [6.07, 6.45) is 2.57. The molecule has 2 aliphatic rings. The number of cyclic esters (lactones) is 1. The molecule has 0 N–H and O–H groups in total. The highest BCUT2D eigenvalue weighted by molar-refractivity contribution is 5.82. The molecule has 1 spiro atoms. The number of hydrogen-bond donors (Lipinski definition) is 0. The summed E-state index contributed by atoms with van der Waals surface area (Å²) in [5.41, 5.74) is 0.435. The number of benzene rings is 1. The zero-order valence-corrected chi connectivity index (χ0v) is 9.89. The van der Waals surface area contributed by atoms with Gasteiger partial charge in [0.05, 0.1) is 17.0 Å². The van der Waals surface area contributed by atoms with Gasteiger partial charge >= 0.3 is 5.97 Å². The third kappa shape index (κ3) is 1.92. The maximum Gasteiger partial charge on any atom is 0.312 e. The molecule has 1 aliphatic heterocycles. The molecule has 1 aromatic rings. The second-order valence-corrected chi connectivity index (χ2v) is 4.96. The zero-order valence-electron chi connectivity index (χ0n) is 9.89. The van der Waals surface area contributed by atoms with Crippen LogP contribution in [-0.4, -0.2) is 18.7 Å². The van der Waals surface area contributed by atoms with Gasteiger partial charge in [0.25, 0.3) is 0 Å². The number of esters is 1. The third-order valence-electron chi connectivity index (χ3n) is 3.60. The molecule has 1 aliphatic carbocycles. The Kier molecular flexibility index (Phi) is 2.48. The summed E-state index contributed by atoms with van der Waals surface area (Å²) in [6, 6.07) is 8.97. The van der Waals surface area contributed by atoms with E-state index in [0.29, 0.717) is 17.9 Å². The molecule has 0 bridgehead atoms. The van der Waals surface area contributed by atoms with Crippen LogP contribution in [0.5, 0.6) is 5.75 Å². The highest BCUT2D eigenvalue weighted by atomic mass is 16.6. The lowest BCUT2D eigenvalue weighted by atomic mass is 10.0. The summed E-state index contributed by atoms with van der Waals surface area (Å²) in [5, 5.41) is 8.68. The number of nitrogens with zero attached hydrogens (tertiary/aromatic N) is 1. The first-order valence-corrected chi connectivity index (χ1v) is 6.06. The first kappa shape index (κ1) is 11.1. The molecule has 1 aromatic carbocycles. The Morgan fingerprint density at radius 1 is 1.39 bits per heavy atom. The van der Waals surface area contributed by atoms with E-state index in [9.17, 15) is 4.79 Å². The summed E-state index contributed by atoms with van der Waals surface area (Å²) < 4.78 is 10.9. The normalized spacial score (nSPS) is 23.5. The summed E-state index contributed by atoms with van der Waals surface area (Å²) >= 11 is 0. The fraction of sp³-hybridized carbons (Fsp3) is 0.429. The highest BCUT2D eigenvalue weighted by Crippen LogP contribution is 2.54. The van der Waals surface area contributed by atoms with Crippen molar-refractivity contribution in [1.29, 1.82) is 5.26 Å². The van der Waals surface area contributed by atoms with E-state index in [0.717, 1.165) is 19.3 Å². The number of hydrogen-bond acceptors (Lipinski definition) is 4. The fourth-order valence-corrected chi connectivity index (χ4v) is 2.30. The Hall–Kier alpha value is -2.02. The molecule has 1 saturated carbocycles. The number of nitriles is 1. The summed E-state index contributed by atoms with van der Waals surface area (Å²) in [6.45, 7) is 0.388. The van der Waals surface area contributed by atoms with Gasteiger partial charge < -0.3 is 9.47 Å². The van der Waals surface area contributed by atoms with Gasteiger partial charge in [-0.2, -0.15) is 5.26 Å². The molecule has 1 atom stereocenters. The second-order valence-electron chi connectivity index (χ2n) is 4.96. The maximum absolute atomic E-state index is 11.5. The molecule has 2 fully saturated rings.